The van der Waals surface area contributed by atoms with Gasteiger partial charge in [0.15, 0.2) is 11.4 Å². The van der Waals surface area contributed by atoms with Crippen LogP contribution in [-0.2, 0) is 0 Å². The number of hydrogen-bond donors (Lipinski definition) is 0. The second kappa shape index (κ2) is 4.77. The molecule has 0 spiro atoms. The molecule has 10 heteroatoms. The number of alkyl halides is 3. The van der Waals surface area contributed by atoms with Crippen molar-refractivity contribution in [2.45, 2.75) is 13.3 Å². The fourth-order valence-corrected chi connectivity index (χ4v) is 1.40. The van der Waals surface area contributed by atoms with E-state index in [0.717, 1.165) is 6.92 Å². The van der Waals surface area contributed by atoms with Gasteiger partial charge in [0.05, 0.1) is 6.07 Å². The zero-order chi connectivity index (χ0) is 14.1. The van der Waals surface area contributed by atoms with Gasteiger partial charge in [-0.05, 0) is 21.5 Å². The van der Waals surface area contributed by atoms with Gasteiger partial charge in [0, 0.05) is 6.92 Å². The molecule has 6 nitrogen and oxygen atoms in total. The quantitative estimate of drug-likeness (QED) is 0.484. The highest BCUT2D eigenvalue weighted by atomic mass is 35.5. The van der Waals surface area contributed by atoms with Crippen molar-refractivity contribution in [1.29, 1.82) is 0 Å². The predicted octanol–water partition coefficient (Wildman–Crippen LogP) is 2.58. The lowest BCUT2D eigenvalue weighted by Gasteiger charge is -2.11. The third-order valence-electron chi connectivity index (χ3n) is 1.76. The predicted molar refractivity (Wildman–Crippen MR) is 52.5 cm³/mol. The summed E-state index contributed by atoms with van der Waals surface area (Å²) in [5.41, 5.74) is -0.997. The van der Waals surface area contributed by atoms with E-state index in [2.05, 4.69) is 9.72 Å². The zero-order valence-electron chi connectivity index (χ0n) is 8.62. The molecule has 0 aromatic carbocycles. The van der Waals surface area contributed by atoms with Crippen LogP contribution < -0.4 is 4.74 Å². The summed E-state index contributed by atoms with van der Waals surface area (Å²) in [6.45, 7) is 1.10. The van der Waals surface area contributed by atoms with Gasteiger partial charge in [-0.25, -0.2) is 0 Å². The molecule has 0 saturated heterocycles. The summed E-state index contributed by atoms with van der Waals surface area (Å²) in [4.78, 5) is 23.7. The minimum absolute atomic E-state index is 0.330. The van der Waals surface area contributed by atoms with Crippen LogP contribution in [0.4, 0.5) is 19.0 Å². The van der Waals surface area contributed by atoms with Crippen LogP contribution >= 0.6 is 11.6 Å². The third kappa shape index (κ3) is 3.29. The molecular weight excluding hydrogens is 281 g/mol. The molecule has 0 N–H and O–H groups in total. The highest BCUT2D eigenvalue weighted by Crippen LogP contribution is 2.31. The molecule has 0 amide bonds. The van der Waals surface area contributed by atoms with E-state index < -0.39 is 33.7 Å². The maximum absolute atomic E-state index is 12.1. The molecule has 0 aliphatic heterocycles. The fourth-order valence-electron chi connectivity index (χ4n) is 1.17. The Balaban J connectivity index is 3.43. The Hall–Kier alpha value is -1.90. The van der Waals surface area contributed by atoms with E-state index in [4.69, 9.17) is 11.6 Å². The summed E-state index contributed by atoms with van der Waals surface area (Å²) in [5, 5.41) is 9.19. The summed E-state index contributed by atoms with van der Waals surface area (Å²) >= 11 is 5.08. The molecule has 0 aliphatic carbocycles. The lowest BCUT2D eigenvalue weighted by Crippen LogP contribution is -2.19. The van der Waals surface area contributed by atoms with E-state index in [1.165, 1.54) is 0 Å². The largest absolute Gasteiger partial charge is 0.573 e. The van der Waals surface area contributed by atoms with Gasteiger partial charge in [-0.2, -0.15) is 0 Å². The SMILES string of the molecule is Cc1nc([N+](=O)[O-])cc(OC(F)(F)F)c1C(=O)Cl. The zero-order valence-corrected chi connectivity index (χ0v) is 9.37. The Bertz CT molecular complexity index is 518. The summed E-state index contributed by atoms with van der Waals surface area (Å²) in [5.74, 6) is -1.94. The van der Waals surface area contributed by atoms with Crippen molar-refractivity contribution in [1.82, 2.24) is 4.98 Å². The number of ether oxygens (including phenoxy) is 1. The number of nitrogens with zero attached hydrogens (tertiary/aromatic N) is 2. The number of pyridine rings is 1. The molecule has 0 unspecified atom stereocenters. The van der Waals surface area contributed by atoms with Crippen molar-refractivity contribution in [3.8, 4) is 5.75 Å². The normalized spacial score (nSPS) is 11.2. The van der Waals surface area contributed by atoms with Gasteiger partial charge in [-0.1, -0.05) is 0 Å². The first-order valence-electron chi connectivity index (χ1n) is 4.23. The molecule has 18 heavy (non-hydrogen) atoms. The number of halogens is 4. The summed E-state index contributed by atoms with van der Waals surface area (Å²) in [6, 6.07) is 0.385. The molecule has 1 aromatic heterocycles. The molecule has 1 rings (SSSR count). The van der Waals surface area contributed by atoms with Crippen LogP contribution in [0.15, 0.2) is 6.07 Å². The highest BCUT2D eigenvalue weighted by Gasteiger charge is 2.35. The lowest BCUT2D eigenvalue weighted by atomic mass is 10.2. The van der Waals surface area contributed by atoms with E-state index in [-0.39, 0.29) is 5.69 Å². The first-order chi connectivity index (χ1) is 8.11. The van der Waals surface area contributed by atoms with Crippen molar-refractivity contribution in [3.63, 3.8) is 0 Å². The molecule has 0 fully saturated rings. The number of rotatable bonds is 3. The second-order valence-corrected chi connectivity index (χ2v) is 3.36. The Morgan fingerprint density at radius 3 is 2.50 bits per heavy atom. The third-order valence-corrected chi connectivity index (χ3v) is 1.95. The fraction of sp³-hybridized carbons (Fsp3) is 0.250. The number of aromatic nitrogens is 1. The molecule has 98 valence electrons. The molecule has 1 heterocycles. The Kier molecular flexibility index (Phi) is 3.75. The molecular formula is C8H4ClF3N2O4. The maximum atomic E-state index is 12.1. The highest BCUT2D eigenvalue weighted by molar-refractivity contribution is 6.68. The average Bonchev–Trinajstić information content (AvgIpc) is 2.12. The topological polar surface area (TPSA) is 82.3 Å². The van der Waals surface area contributed by atoms with E-state index in [1.54, 1.807) is 0 Å². The Morgan fingerprint density at radius 1 is 1.56 bits per heavy atom. The number of carbonyl (C=O) groups excluding carboxylic acids is 1. The average molecular weight is 285 g/mol. The minimum Gasteiger partial charge on any atom is -0.404 e. The van der Waals surface area contributed by atoms with Gasteiger partial charge < -0.3 is 14.9 Å². The molecule has 0 aliphatic rings. The van der Waals surface area contributed by atoms with E-state index in [1.807, 2.05) is 0 Å². The van der Waals surface area contributed by atoms with Gasteiger partial charge in [-0.15, -0.1) is 13.2 Å². The van der Waals surface area contributed by atoms with Crippen LogP contribution in [0.1, 0.15) is 16.1 Å². The van der Waals surface area contributed by atoms with E-state index >= 15 is 0 Å². The smallest absolute Gasteiger partial charge is 0.404 e. The van der Waals surface area contributed by atoms with Crippen molar-refractivity contribution >= 4 is 22.7 Å². The van der Waals surface area contributed by atoms with Crippen LogP contribution in [0, 0.1) is 17.0 Å². The van der Waals surface area contributed by atoms with Crippen molar-refractivity contribution in [2.24, 2.45) is 0 Å². The van der Waals surface area contributed by atoms with Crippen molar-refractivity contribution in [3.05, 3.63) is 27.4 Å². The summed E-state index contributed by atoms with van der Waals surface area (Å²) < 4.78 is 39.8. The Morgan fingerprint density at radius 2 is 2.11 bits per heavy atom. The molecule has 0 atom stereocenters. The first-order valence-corrected chi connectivity index (χ1v) is 4.61. The molecule has 0 radical (unpaired) electrons. The van der Waals surface area contributed by atoms with Gasteiger partial charge in [0.2, 0.25) is 0 Å². The van der Waals surface area contributed by atoms with E-state index in [0.29, 0.717) is 6.07 Å². The maximum Gasteiger partial charge on any atom is 0.573 e. The second-order valence-electron chi connectivity index (χ2n) is 3.02. The van der Waals surface area contributed by atoms with E-state index in [9.17, 15) is 28.1 Å². The number of carbonyl (C=O) groups is 1. The molecule has 1 aromatic rings. The van der Waals surface area contributed by atoms with Crippen LogP contribution in [0.3, 0.4) is 0 Å². The van der Waals surface area contributed by atoms with Crippen LogP contribution in [-0.4, -0.2) is 21.5 Å². The van der Waals surface area contributed by atoms with Gasteiger partial charge in [-0.3, -0.25) is 4.79 Å². The number of nitro groups is 1. The number of hydrogen-bond acceptors (Lipinski definition) is 5. The number of aryl methyl sites for hydroxylation is 1. The van der Waals surface area contributed by atoms with Gasteiger partial charge in [0.1, 0.15) is 5.56 Å². The summed E-state index contributed by atoms with van der Waals surface area (Å²) in [6.07, 6.45) is -5.11. The van der Waals surface area contributed by atoms with Crippen LogP contribution in [0.25, 0.3) is 0 Å². The lowest BCUT2D eigenvalue weighted by molar-refractivity contribution is -0.389. The standard InChI is InChI=1S/C8H4ClF3N2O4/c1-3-6(7(9)15)4(18-8(10,11)12)2-5(13-3)14(16)17/h2H,1H3. The monoisotopic (exact) mass is 284 g/mol. The van der Waals surface area contributed by atoms with Crippen molar-refractivity contribution < 1.29 is 27.6 Å². The van der Waals surface area contributed by atoms with Crippen molar-refractivity contribution in [2.75, 3.05) is 0 Å². The van der Waals surface area contributed by atoms with Gasteiger partial charge >= 0.3 is 12.2 Å². The van der Waals surface area contributed by atoms with Crippen LogP contribution in [0.5, 0.6) is 5.75 Å². The Labute approximate surface area is 102 Å². The molecule has 0 bridgehead atoms. The minimum atomic E-state index is -5.11. The molecule has 0 saturated carbocycles. The first kappa shape index (κ1) is 14.2. The summed E-state index contributed by atoms with van der Waals surface area (Å²) in [7, 11) is 0. The van der Waals surface area contributed by atoms with Gasteiger partial charge in [0.25, 0.3) is 5.24 Å². The van der Waals surface area contributed by atoms with Crippen LogP contribution in [0.2, 0.25) is 0 Å².